The highest BCUT2D eigenvalue weighted by Crippen LogP contribution is 2.58. The van der Waals surface area contributed by atoms with Crippen LogP contribution in [0.4, 0.5) is 0 Å². The highest BCUT2D eigenvalue weighted by molar-refractivity contribution is 5.52. The molecule has 3 heterocycles. The van der Waals surface area contributed by atoms with E-state index in [1.807, 2.05) is 12.1 Å². The Bertz CT molecular complexity index is 1130. The first-order valence-electron chi connectivity index (χ1n) is 13.4. The molecule has 0 spiro atoms. The number of hydrogen-bond acceptors (Lipinski definition) is 5. The molecule has 2 saturated heterocycles. The molecular weight excluding hydrogens is 424 g/mol. The highest BCUT2D eigenvalue weighted by atomic mass is 16.3. The highest BCUT2D eigenvalue weighted by Gasteiger charge is 2.65. The molecule has 1 aromatic heterocycles. The minimum Gasteiger partial charge on any atom is -0.508 e. The zero-order valence-electron chi connectivity index (χ0n) is 20.6. The molecule has 3 fully saturated rings. The lowest BCUT2D eigenvalue weighted by molar-refractivity contribution is -0.152. The Morgan fingerprint density at radius 1 is 1.09 bits per heavy atom. The van der Waals surface area contributed by atoms with Gasteiger partial charge in [0, 0.05) is 36.5 Å². The van der Waals surface area contributed by atoms with E-state index in [0.29, 0.717) is 18.2 Å². The smallest absolute Gasteiger partial charge is 0.115 e. The van der Waals surface area contributed by atoms with Crippen LogP contribution in [-0.4, -0.2) is 74.7 Å². The summed E-state index contributed by atoms with van der Waals surface area (Å²) in [6, 6.07) is 6.51. The van der Waals surface area contributed by atoms with Gasteiger partial charge in [-0.3, -0.25) is 9.58 Å². The van der Waals surface area contributed by atoms with Gasteiger partial charge in [-0.25, -0.2) is 0 Å². The van der Waals surface area contributed by atoms with E-state index in [0.717, 1.165) is 69.9 Å². The molecule has 1 saturated carbocycles. The first kappa shape index (κ1) is 21.4. The molecule has 5 aliphatic rings. The van der Waals surface area contributed by atoms with E-state index in [4.69, 9.17) is 5.10 Å². The van der Waals surface area contributed by atoms with Gasteiger partial charge >= 0.3 is 0 Å². The van der Waals surface area contributed by atoms with Crippen molar-refractivity contribution < 1.29 is 10.2 Å². The number of aromatic hydroxyl groups is 1. The molecule has 2 aliphatic heterocycles. The Morgan fingerprint density at radius 2 is 1.88 bits per heavy atom. The van der Waals surface area contributed by atoms with Crippen molar-refractivity contribution in [2.75, 3.05) is 33.2 Å². The summed E-state index contributed by atoms with van der Waals surface area (Å²) < 4.78 is 2.36. The summed E-state index contributed by atoms with van der Waals surface area (Å²) in [5.74, 6) is 1.13. The number of aromatic nitrogens is 2. The number of nitrogens with zero attached hydrogens (tertiary/aromatic N) is 4. The van der Waals surface area contributed by atoms with Crippen molar-refractivity contribution >= 4 is 0 Å². The van der Waals surface area contributed by atoms with Crippen molar-refractivity contribution in [3.63, 3.8) is 0 Å². The van der Waals surface area contributed by atoms with Gasteiger partial charge in [0.2, 0.25) is 0 Å². The summed E-state index contributed by atoms with van der Waals surface area (Å²) in [7, 11) is 2.21. The summed E-state index contributed by atoms with van der Waals surface area (Å²) in [6.45, 7) is 6.53. The Labute approximate surface area is 202 Å². The molecule has 2 N–H and O–H groups in total. The van der Waals surface area contributed by atoms with E-state index >= 15 is 0 Å². The first-order valence-corrected chi connectivity index (χ1v) is 13.4. The molecule has 182 valence electrons. The maximum absolute atomic E-state index is 12.8. The SMILES string of the molecule is Cc1nn(C2CCN(C)CC2)c2c1C[C@@]1(O)C3Cc4ccc(O)cc4[C@@]1(CCN3CC1CC1)C2. The van der Waals surface area contributed by atoms with Crippen LogP contribution in [0, 0.1) is 12.8 Å². The van der Waals surface area contributed by atoms with E-state index < -0.39 is 5.60 Å². The summed E-state index contributed by atoms with van der Waals surface area (Å²) in [6.07, 6.45) is 8.27. The molecule has 6 heteroatoms. The van der Waals surface area contributed by atoms with Crippen LogP contribution >= 0.6 is 0 Å². The maximum atomic E-state index is 12.8. The summed E-state index contributed by atoms with van der Waals surface area (Å²) >= 11 is 0. The topological polar surface area (TPSA) is 64.8 Å². The monoisotopic (exact) mass is 462 g/mol. The van der Waals surface area contributed by atoms with Gasteiger partial charge in [-0.1, -0.05) is 6.07 Å². The molecular formula is C28H38N4O2. The van der Waals surface area contributed by atoms with Crippen LogP contribution in [0.25, 0.3) is 0 Å². The van der Waals surface area contributed by atoms with Gasteiger partial charge < -0.3 is 15.1 Å². The van der Waals surface area contributed by atoms with Crippen LogP contribution in [0.15, 0.2) is 18.2 Å². The molecule has 2 aromatic rings. The van der Waals surface area contributed by atoms with E-state index in [-0.39, 0.29) is 11.5 Å². The molecule has 2 bridgehead atoms. The summed E-state index contributed by atoms with van der Waals surface area (Å²) in [4.78, 5) is 5.03. The van der Waals surface area contributed by atoms with Crippen molar-refractivity contribution in [1.29, 1.82) is 0 Å². The Morgan fingerprint density at radius 3 is 2.65 bits per heavy atom. The number of aliphatic hydroxyl groups is 1. The number of phenolic OH excluding ortho intramolecular Hbond substituents is 1. The second-order valence-electron chi connectivity index (χ2n) is 12.1. The molecule has 1 unspecified atom stereocenters. The van der Waals surface area contributed by atoms with Gasteiger partial charge in [-0.05, 0) is 107 Å². The van der Waals surface area contributed by atoms with E-state index in [9.17, 15) is 10.2 Å². The maximum Gasteiger partial charge on any atom is 0.115 e. The molecule has 6 nitrogen and oxygen atoms in total. The Hall–Kier alpha value is -1.89. The fraction of sp³-hybridized carbons (Fsp3) is 0.679. The van der Waals surface area contributed by atoms with Gasteiger partial charge in [0.15, 0.2) is 0 Å². The zero-order chi connectivity index (χ0) is 23.2. The number of benzene rings is 1. The predicted molar refractivity (Wildman–Crippen MR) is 131 cm³/mol. The molecule has 0 radical (unpaired) electrons. The molecule has 3 atom stereocenters. The van der Waals surface area contributed by atoms with Crippen molar-refractivity contribution in [3.8, 4) is 5.75 Å². The Kier molecular flexibility index (Phi) is 4.60. The summed E-state index contributed by atoms with van der Waals surface area (Å²) in [5, 5.41) is 28.4. The third kappa shape index (κ3) is 2.94. The molecule has 7 rings (SSSR count). The van der Waals surface area contributed by atoms with Gasteiger partial charge in [0.1, 0.15) is 5.75 Å². The Balaban J connectivity index is 1.36. The van der Waals surface area contributed by atoms with Crippen LogP contribution in [-0.2, 0) is 24.7 Å². The fourth-order valence-corrected chi connectivity index (χ4v) is 8.01. The lowest BCUT2D eigenvalue weighted by atomic mass is 9.49. The lowest BCUT2D eigenvalue weighted by Gasteiger charge is -2.63. The fourth-order valence-electron chi connectivity index (χ4n) is 8.01. The van der Waals surface area contributed by atoms with Crippen LogP contribution in [0.2, 0.25) is 0 Å². The number of phenols is 1. The van der Waals surface area contributed by atoms with E-state index in [1.165, 1.54) is 35.2 Å². The zero-order valence-corrected chi connectivity index (χ0v) is 20.6. The number of hydrogen-bond donors (Lipinski definition) is 2. The number of aryl methyl sites for hydroxylation is 1. The number of fused-ring (bicyclic) bond motifs is 2. The number of piperidine rings is 2. The van der Waals surface area contributed by atoms with Gasteiger partial charge in [0.25, 0.3) is 0 Å². The minimum absolute atomic E-state index is 0.137. The molecule has 0 amide bonds. The first-order chi connectivity index (χ1) is 16.4. The largest absolute Gasteiger partial charge is 0.508 e. The predicted octanol–water partition coefficient (Wildman–Crippen LogP) is 2.97. The van der Waals surface area contributed by atoms with E-state index in [1.54, 1.807) is 0 Å². The normalized spacial score (nSPS) is 33.9. The van der Waals surface area contributed by atoms with Crippen molar-refractivity contribution in [1.82, 2.24) is 19.6 Å². The summed E-state index contributed by atoms with van der Waals surface area (Å²) in [5.41, 5.74) is 5.08. The van der Waals surface area contributed by atoms with Gasteiger partial charge in [0.05, 0.1) is 17.3 Å². The lowest BCUT2D eigenvalue weighted by Crippen LogP contribution is -2.74. The molecule has 1 aromatic carbocycles. The van der Waals surface area contributed by atoms with Crippen molar-refractivity contribution in [2.24, 2.45) is 5.92 Å². The third-order valence-electron chi connectivity index (χ3n) is 10.1. The van der Waals surface area contributed by atoms with Crippen LogP contribution < -0.4 is 0 Å². The number of likely N-dealkylation sites (tertiary alicyclic amines) is 2. The second kappa shape index (κ2) is 7.31. The average Bonchev–Trinajstić information content (AvgIpc) is 3.58. The quantitative estimate of drug-likeness (QED) is 0.734. The average molecular weight is 463 g/mol. The molecule has 34 heavy (non-hydrogen) atoms. The standard InChI is InChI=1S/C28H38N4O2/c1-18-23-15-28(34)26-13-20-5-6-22(33)14-24(20)27(28,9-12-31(26)17-19-3-4-19)16-25(23)32(29-18)21-7-10-30(2)11-8-21/h5-6,14,19,21,26,33-34H,3-4,7-13,15-17H2,1-2H3/t26?,27-,28-/m1/s1. The van der Waals surface area contributed by atoms with Crippen LogP contribution in [0.1, 0.15) is 66.2 Å². The van der Waals surface area contributed by atoms with Crippen molar-refractivity contribution in [2.45, 2.75) is 81.4 Å². The molecule has 3 aliphatic carbocycles. The van der Waals surface area contributed by atoms with Gasteiger partial charge in [-0.15, -0.1) is 0 Å². The van der Waals surface area contributed by atoms with Crippen LogP contribution in [0.5, 0.6) is 5.75 Å². The second-order valence-corrected chi connectivity index (χ2v) is 12.1. The van der Waals surface area contributed by atoms with Crippen molar-refractivity contribution in [3.05, 3.63) is 46.3 Å². The van der Waals surface area contributed by atoms with Crippen LogP contribution in [0.3, 0.4) is 0 Å². The third-order valence-corrected chi connectivity index (χ3v) is 10.1. The minimum atomic E-state index is -0.820. The van der Waals surface area contributed by atoms with Gasteiger partial charge in [-0.2, -0.15) is 5.10 Å². The number of rotatable bonds is 3. The van der Waals surface area contributed by atoms with E-state index in [2.05, 4.69) is 34.5 Å².